The largest absolute Gasteiger partial charge is 0.481 e. The van der Waals surface area contributed by atoms with Crippen LogP contribution in [-0.4, -0.2) is 16.1 Å². The molecule has 0 aromatic carbocycles. The predicted octanol–water partition coefficient (Wildman–Crippen LogP) is 1.32. The van der Waals surface area contributed by atoms with Gasteiger partial charge < -0.3 is 10.8 Å². The number of hydrogen-bond donors (Lipinski definition) is 2. The third-order valence-electron chi connectivity index (χ3n) is 1.57. The van der Waals surface area contributed by atoms with Gasteiger partial charge in [0.1, 0.15) is 4.60 Å². The molecule has 1 atom stereocenters. The molecule has 13 heavy (non-hydrogen) atoms. The van der Waals surface area contributed by atoms with Crippen molar-refractivity contribution in [3.8, 4) is 0 Å². The maximum absolute atomic E-state index is 10.4. The molecule has 0 aliphatic carbocycles. The number of carbonyl (C=O) groups is 1. The van der Waals surface area contributed by atoms with Crippen molar-refractivity contribution in [3.05, 3.63) is 28.5 Å². The van der Waals surface area contributed by atoms with Gasteiger partial charge >= 0.3 is 5.97 Å². The van der Waals surface area contributed by atoms with Crippen molar-refractivity contribution in [3.63, 3.8) is 0 Å². The number of pyridine rings is 1. The summed E-state index contributed by atoms with van der Waals surface area (Å²) in [4.78, 5) is 14.3. The Morgan fingerprint density at radius 3 is 3.00 bits per heavy atom. The van der Waals surface area contributed by atoms with Crippen LogP contribution in [-0.2, 0) is 4.79 Å². The van der Waals surface area contributed by atoms with Crippen LogP contribution in [0.1, 0.15) is 18.0 Å². The average molecular weight is 245 g/mol. The SMILES string of the molecule is N[C@H](CC(=O)O)c1ccnc(Br)c1. The molecule has 0 amide bonds. The van der Waals surface area contributed by atoms with Gasteiger partial charge in [0.05, 0.1) is 6.42 Å². The van der Waals surface area contributed by atoms with Crippen LogP contribution >= 0.6 is 15.9 Å². The van der Waals surface area contributed by atoms with E-state index in [-0.39, 0.29) is 6.42 Å². The van der Waals surface area contributed by atoms with Crippen molar-refractivity contribution in [1.29, 1.82) is 0 Å². The Hall–Kier alpha value is -0.940. The molecule has 0 aliphatic rings. The lowest BCUT2D eigenvalue weighted by Gasteiger charge is -2.08. The van der Waals surface area contributed by atoms with Gasteiger partial charge in [-0.25, -0.2) is 4.98 Å². The van der Waals surface area contributed by atoms with Crippen LogP contribution in [0.25, 0.3) is 0 Å². The van der Waals surface area contributed by atoms with Crippen molar-refractivity contribution in [2.45, 2.75) is 12.5 Å². The number of carboxylic acid groups (broad SMARTS) is 1. The number of halogens is 1. The Labute approximate surface area is 83.9 Å². The second-order valence-electron chi connectivity index (χ2n) is 2.62. The van der Waals surface area contributed by atoms with Crippen molar-refractivity contribution in [2.24, 2.45) is 5.73 Å². The predicted molar refractivity (Wildman–Crippen MR) is 51.1 cm³/mol. The number of aliphatic carboxylic acids is 1. The van der Waals surface area contributed by atoms with E-state index in [9.17, 15) is 4.79 Å². The van der Waals surface area contributed by atoms with Crippen LogP contribution in [0.15, 0.2) is 22.9 Å². The molecule has 0 fully saturated rings. The summed E-state index contributed by atoms with van der Waals surface area (Å²) in [6.45, 7) is 0. The van der Waals surface area contributed by atoms with E-state index >= 15 is 0 Å². The van der Waals surface area contributed by atoms with E-state index in [4.69, 9.17) is 10.8 Å². The van der Waals surface area contributed by atoms with E-state index in [1.807, 2.05) is 0 Å². The summed E-state index contributed by atoms with van der Waals surface area (Å²) < 4.78 is 0.658. The highest BCUT2D eigenvalue weighted by Gasteiger charge is 2.10. The Balaban J connectivity index is 2.76. The molecule has 0 radical (unpaired) electrons. The van der Waals surface area contributed by atoms with Gasteiger partial charge in [-0.05, 0) is 33.6 Å². The summed E-state index contributed by atoms with van der Waals surface area (Å²) in [6.07, 6.45) is 1.51. The topological polar surface area (TPSA) is 76.2 Å². The molecule has 3 N–H and O–H groups in total. The van der Waals surface area contributed by atoms with Crippen LogP contribution < -0.4 is 5.73 Å². The van der Waals surface area contributed by atoms with Gasteiger partial charge in [0.25, 0.3) is 0 Å². The van der Waals surface area contributed by atoms with Gasteiger partial charge in [-0.1, -0.05) is 0 Å². The molecule has 1 rings (SSSR count). The molecule has 4 nitrogen and oxygen atoms in total. The number of aromatic nitrogens is 1. The van der Waals surface area contributed by atoms with Crippen LogP contribution in [0.3, 0.4) is 0 Å². The third kappa shape index (κ3) is 3.12. The smallest absolute Gasteiger partial charge is 0.305 e. The zero-order chi connectivity index (χ0) is 9.84. The fourth-order valence-corrected chi connectivity index (χ4v) is 1.34. The minimum atomic E-state index is -0.902. The summed E-state index contributed by atoms with van der Waals surface area (Å²) in [6, 6.07) is 2.95. The molecule has 70 valence electrons. The first-order valence-corrected chi connectivity index (χ1v) is 4.47. The second kappa shape index (κ2) is 4.34. The van der Waals surface area contributed by atoms with Crippen molar-refractivity contribution >= 4 is 21.9 Å². The first-order valence-electron chi connectivity index (χ1n) is 3.68. The molecule has 1 heterocycles. The van der Waals surface area contributed by atoms with E-state index < -0.39 is 12.0 Å². The molecule has 0 unspecified atom stereocenters. The quantitative estimate of drug-likeness (QED) is 0.787. The number of hydrogen-bond acceptors (Lipinski definition) is 3. The Kier molecular flexibility index (Phi) is 3.39. The molecular formula is C8H9BrN2O2. The highest BCUT2D eigenvalue weighted by Crippen LogP contribution is 2.16. The summed E-state index contributed by atoms with van der Waals surface area (Å²) in [5, 5.41) is 8.51. The van der Waals surface area contributed by atoms with Gasteiger partial charge in [0.15, 0.2) is 0 Å². The molecular weight excluding hydrogens is 236 g/mol. The van der Waals surface area contributed by atoms with Gasteiger partial charge in [-0.3, -0.25) is 4.79 Å². The lowest BCUT2D eigenvalue weighted by molar-refractivity contribution is -0.137. The summed E-state index contributed by atoms with van der Waals surface area (Å²) in [7, 11) is 0. The summed E-state index contributed by atoms with van der Waals surface area (Å²) >= 11 is 3.18. The lowest BCUT2D eigenvalue weighted by atomic mass is 10.1. The zero-order valence-electron chi connectivity index (χ0n) is 6.77. The maximum atomic E-state index is 10.4. The standard InChI is InChI=1S/C8H9BrN2O2/c9-7-3-5(1-2-11-7)6(10)4-8(12)13/h1-3,6H,4,10H2,(H,12,13)/t6-/m1/s1. The van der Waals surface area contributed by atoms with Crippen LogP contribution in [0.5, 0.6) is 0 Å². The van der Waals surface area contributed by atoms with Gasteiger partial charge in [0, 0.05) is 12.2 Å². The lowest BCUT2D eigenvalue weighted by Crippen LogP contribution is -2.14. The monoisotopic (exact) mass is 244 g/mol. The number of carboxylic acids is 1. The fourth-order valence-electron chi connectivity index (χ4n) is 0.954. The summed E-state index contributed by atoms with van der Waals surface area (Å²) in [5.74, 6) is -0.902. The van der Waals surface area contributed by atoms with Crippen LogP contribution in [0.4, 0.5) is 0 Å². The van der Waals surface area contributed by atoms with Crippen molar-refractivity contribution in [1.82, 2.24) is 4.98 Å². The highest BCUT2D eigenvalue weighted by atomic mass is 79.9. The van der Waals surface area contributed by atoms with Crippen LogP contribution in [0.2, 0.25) is 0 Å². The second-order valence-corrected chi connectivity index (χ2v) is 3.43. The molecule has 0 spiro atoms. The number of rotatable bonds is 3. The van der Waals surface area contributed by atoms with Crippen molar-refractivity contribution < 1.29 is 9.90 Å². The zero-order valence-corrected chi connectivity index (χ0v) is 8.36. The first kappa shape index (κ1) is 10.1. The van der Waals surface area contributed by atoms with Crippen molar-refractivity contribution in [2.75, 3.05) is 0 Å². The van der Waals surface area contributed by atoms with Gasteiger partial charge in [-0.2, -0.15) is 0 Å². The van der Waals surface area contributed by atoms with Crippen LogP contribution in [0, 0.1) is 0 Å². The van der Waals surface area contributed by atoms with E-state index in [0.29, 0.717) is 4.60 Å². The summed E-state index contributed by atoms with van der Waals surface area (Å²) in [5.41, 5.74) is 6.40. The number of nitrogens with two attached hydrogens (primary N) is 1. The molecule has 5 heteroatoms. The highest BCUT2D eigenvalue weighted by molar-refractivity contribution is 9.10. The first-order chi connectivity index (χ1) is 6.09. The van der Waals surface area contributed by atoms with E-state index in [2.05, 4.69) is 20.9 Å². The average Bonchev–Trinajstić information content (AvgIpc) is 2.03. The Bertz CT molecular complexity index is 317. The molecule has 1 aromatic heterocycles. The molecule has 0 aliphatic heterocycles. The number of nitrogens with zero attached hydrogens (tertiary/aromatic N) is 1. The molecule has 1 aromatic rings. The van der Waals surface area contributed by atoms with E-state index in [0.717, 1.165) is 5.56 Å². The van der Waals surface area contributed by atoms with E-state index in [1.165, 1.54) is 0 Å². The molecule has 0 bridgehead atoms. The Morgan fingerprint density at radius 2 is 2.46 bits per heavy atom. The minimum absolute atomic E-state index is 0.0730. The third-order valence-corrected chi connectivity index (χ3v) is 2.01. The van der Waals surface area contributed by atoms with Gasteiger partial charge in [0.2, 0.25) is 0 Å². The Morgan fingerprint density at radius 1 is 1.77 bits per heavy atom. The molecule has 0 saturated carbocycles. The molecule has 0 saturated heterocycles. The van der Waals surface area contributed by atoms with Gasteiger partial charge in [-0.15, -0.1) is 0 Å². The van der Waals surface area contributed by atoms with E-state index in [1.54, 1.807) is 18.3 Å². The maximum Gasteiger partial charge on any atom is 0.305 e. The normalized spacial score (nSPS) is 12.5. The fraction of sp³-hybridized carbons (Fsp3) is 0.250. The minimum Gasteiger partial charge on any atom is -0.481 e.